The van der Waals surface area contributed by atoms with Crippen LogP contribution in [0.5, 0.6) is 5.75 Å². The van der Waals surface area contributed by atoms with E-state index in [1.54, 1.807) is 6.07 Å². The van der Waals surface area contributed by atoms with Crippen molar-refractivity contribution in [2.24, 2.45) is 0 Å². The van der Waals surface area contributed by atoms with E-state index < -0.39 is 0 Å². The molecule has 0 aliphatic carbocycles. The minimum atomic E-state index is 0.545. The first-order valence-electron chi connectivity index (χ1n) is 6.09. The van der Waals surface area contributed by atoms with E-state index in [9.17, 15) is 0 Å². The molecule has 2 nitrogen and oxygen atoms in total. The number of fused-ring (bicyclic) bond motifs is 1. The maximum absolute atomic E-state index is 6.13. The second-order valence-corrected chi connectivity index (χ2v) is 5.47. The van der Waals surface area contributed by atoms with Crippen LogP contribution in [0.4, 0.5) is 0 Å². The van der Waals surface area contributed by atoms with Gasteiger partial charge in [-0.3, -0.25) is 4.90 Å². The summed E-state index contributed by atoms with van der Waals surface area (Å²) in [6.45, 7) is 2.19. The molecule has 2 aromatic carbocycles. The standard InChI is InChI=1S/C15H13Cl2NO/c16-13-6-12-9-18(8-11-4-2-1-3-5-11)10-19-15(12)14(17)7-13/h1-7H,8-10H2. The Bertz CT molecular complexity index is 586. The summed E-state index contributed by atoms with van der Waals surface area (Å²) in [5.74, 6) is 0.760. The van der Waals surface area contributed by atoms with Gasteiger partial charge in [0, 0.05) is 23.7 Å². The first-order valence-corrected chi connectivity index (χ1v) is 6.85. The van der Waals surface area contributed by atoms with E-state index in [0.29, 0.717) is 16.8 Å². The molecular formula is C15H13Cl2NO. The van der Waals surface area contributed by atoms with Crippen LogP contribution in [0.15, 0.2) is 42.5 Å². The highest BCUT2D eigenvalue weighted by molar-refractivity contribution is 6.35. The zero-order chi connectivity index (χ0) is 13.2. The highest BCUT2D eigenvalue weighted by Gasteiger charge is 2.20. The van der Waals surface area contributed by atoms with Gasteiger partial charge >= 0.3 is 0 Å². The number of benzene rings is 2. The van der Waals surface area contributed by atoms with Gasteiger partial charge in [0.15, 0.2) is 0 Å². The molecule has 0 atom stereocenters. The summed E-state index contributed by atoms with van der Waals surface area (Å²) in [7, 11) is 0. The number of halogens is 2. The van der Waals surface area contributed by atoms with E-state index in [2.05, 4.69) is 17.0 Å². The van der Waals surface area contributed by atoms with Crippen LogP contribution < -0.4 is 4.74 Å². The molecule has 0 saturated carbocycles. The van der Waals surface area contributed by atoms with Crippen molar-refractivity contribution in [2.45, 2.75) is 13.1 Å². The fourth-order valence-electron chi connectivity index (χ4n) is 2.28. The van der Waals surface area contributed by atoms with Crippen molar-refractivity contribution in [3.63, 3.8) is 0 Å². The summed E-state index contributed by atoms with van der Waals surface area (Å²) < 4.78 is 5.73. The van der Waals surface area contributed by atoms with Crippen LogP contribution in [0.25, 0.3) is 0 Å². The maximum Gasteiger partial charge on any atom is 0.144 e. The van der Waals surface area contributed by atoms with Crippen LogP contribution in [0.3, 0.4) is 0 Å². The molecule has 0 fully saturated rings. The second-order valence-electron chi connectivity index (χ2n) is 4.62. The average Bonchev–Trinajstić information content (AvgIpc) is 2.39. The van der Waals surface area contributed by atoms with Gasteiger partial charge in [0.05, 0.1) is 5.02 Å². The minimum Gasteiger partial charge on any atom is -0.476 e. The Balaban J connectivity index is 1.79. The van der Waals surface area contributed by atoms with E-state index in [1.165, 1.54) is 5.56 Å². The fraction of sp³-hybridized carbons (Fsp3) is 0.200. The molecule has 2 aromatic rings. The topological polar surface area (TPSA) is 12.5 Å². The third-order valence-corrected chi connectivity index (χ3v) is 3.62. The van der Waals surface area contributed by atoms with Crippen molar-refractivity contribution in [1.82, 2.24) is 4.90 Å². The molecule has 0 unspecified atom stereocenters. The number of rotatable bonds is 2. The molecule has 0 spiro atoms. The lowest BCUT2D eigenvalue weighted by atomic mass is 10.1. The molecule has 0 saturated heterocycles. The van der Waals surface area contributed by atoms with Crippen molar-refractivity contribution >= 4 is 23.2 Å². The van der Waals surface area contributed by atoms with Crippen molar-refractivity contribution in [3.05, 3.63) is 63.6 Å². The third kappa shape index (κ3) is 2.86. The number of nitrogens with zero attached hydrogens (tertiary/aromatic N) is 1. The van der Waals surface area contributed by atoms with Crippen LogP contribution >= 0.6 is 23.2 Å². The highest BCUT2D eigenvalue weighted by Crippen LogP contribution is 2.35. The minimum absolute atomic E-state index is 0.545. The van der Waals surface area contributed by atoms with Gasteiger partial charge in [-0.1, -0.05) is 53.5 Å². The van der Waals surface area contributed by atoms with E-state index in [4.69, 9.17) is 27.9 Å². The lowest BCUT2D eigenvalue weighted by Gasteiger charge is -2.29. The second kappa shape index (κ2) is 5.41. The largest absolute Gasteiger partial charge is 0.476 e. The molecule has 3 rings (SSSR count). The quantitative estimate of drug-likeness (QED) is 0.816. The first-order chi connectivity index (χ1) is 9.22. The molecule has 19 heavy (non-hydrogen) atoms. The Hall–Kier alpha value is -1.22. The van der Waals surface area contributed by atoms with E-state index >= 15 is 0 Å². The monoisotopic (exact) mass is 293 g/mol. The highest BCUT2D eigenvalue weighted by atomic mass is 35.5. The average molecular weight is 294 g/mol. The summed E-state index contributed by atoms with van der Waals surface area (Å²) in [5.41, 5.74) is 2.31. The maximum atomic E-state index is 6.13. The molecule has 0 radical (unpaired) electrons. The third-order valence-electron chi connectivity index (χ3n) is 3.12. The lowest BCUT2D eigenvalue weighted by Crippen LogP contribution is -2.31. The van der Waals surface area contributed by atoms with Crippen molar-refractivity contribution in [3.8, 4) is 5.75 Å². The van der Waals surface area contributed by atoms with Crippen LogP contribution in [0.2, 0.25) is 10.0 Å². The van der Waals surface area contributed by atoms with Gasteiger partial charge in [-0.15, -0.1) is 0 Å². The van der Waals surface area contributed by atoms with Gasteiger partial charge in [0.25, 0.3) is 0 Å². The molecule has 0 bridgehead atoms. The van der Waals surface area contributed by atoms with Gasteiger partial charge in [-0.25, -0.2) is 0 Å². The van der Waals surface area contributed by atoms with Crippen LogP contribution in [0.1, 0.15) is 11.1 Å². The normalized spacial score (nSPS) is 14.8. The van der Waals surface area contributed by atoms with Gasteiger partial charge in [-0.2, -0.15) is 0 Å². The predicted molar refractivity (Wildman–Crippen MR) is 77.6 cm³/mol. The predicted octanol–water partition coefficient (Wildman–Crippen LogP) is 4.35. The van der Waals surface area contributed by atoms with Gasteiger partial charge in [0.2, 0.25) is 0 Å². The summed E-state index contributed by atoms with van der Waals surface area (Å²) in [4.78, 5) is 2.21. The van der Waals surface area contributed by atoms with Crippen LogP contribution in [0, 0.1) is 0 Å². The molecule has 0 N–H and O–H groups in total. The first kappa shape index (κ1) is 12.8. The van der Waals surface area contributed by atoms with Crippen molar-refractivity contribution in [1.29, 1.82) is 0 Å². The molecule has 98 valence electrons. The van der Waals surface area contributed by atoms with Gasteiger partial charge in [-0.05, 0) is 17.7 Å². The fourth-order valence-corrected chi connectivity index (χ4v) is 2.87. The lowest BCUT2D eigenvalue weighted by molar-refractivity contribution is 0.0888. The Labute approximate surface area is 122 Å². The molecule has 0 amide bonds. The summed E-state index contributed by atoms with van der Waals surface area (Å²) >= 11 is 12.2. The Morgan fingerprint density at radius 2 is 1.89 bits per heavy atom. The Morgan fingerprint density at radius 3 is 2.68 bits per heavy atom. The summed E-state index contributed by atoms with van der Waals surface area (Å²) in [6, 6.07) is 14.0. The van der Waals surface area contributed by atoms with E-state index in [0.717, 1.165) is 24.4 Å². The van der Waals surface area contributed by atoms with Crippen LogP contribution in [-0.4, -0.2) is 11.6 Å². The summed E-state index contributed by atoms with van der Waals surface area (Å²) in [5, 5.41) is 1.23. The van der Waals surface area contributed by atoms with Gasteiger partial charge in [0.1, 0.15) is 12.5 Å². The number of hydrogen-bond acceptors (Lipinski definition) is 2. The Morgan fingerprint density at radius 1 is 1.11 bits per heavy atom. The molecule has 1 heterocycles. The zero-order valence-corrected chi connectivity index (χ0v) is 11.8. The van der Waals surface area contributed by atoms with Gasteiger partial charge < -0.3 is 4.74 Å². The smallest absolute Gasteiger partial charge is 0.144 e. The van der Waals surface area contributed by atoms with Crippen molar-refractivity contribution in [2.75, 3.05) is 6.73 Å². The van der Waals surface area contributed by atoms with Crippen LogP contribution in [-0.2, 0) is 13.1 Å². The SMILES string of the molecule is Clc1cc(Cl)c2c(c1)CN(Cc1ccccc1)CO2. The summed E-state index contributed by atoms with van der Waals surface area (Å²) in [6.07, 6.45) is 0. The Kier molecular flexibility index (Phi) is 3.65. The molecule has 4 heteroatoms. The molecule has 1 aliphatic heterocycles. The molecule has 0 aromatic heterocycles. The molecule has 1 aliphatic rings. The van der Waals surface area contributed by atoms with Crippen molar-refractivity contribution < 1.29 is 4.74 Å². The van der Waals surface area contributed by atoms with E-state index in [1.807, 2.05) is 24.3 Å². The zero-order valence-electron chi connectivity index (χ0n) is 10.3. The number of ether oxygens (including phenoxy) is 1. The van der Waals surface area contributed by atoms with E-state index in [-0.39, 0.29) is 0 Å². The molecular weight excluding hydrogens is 281 g/mol. The number of hydrogen-bond donors (Lipinski definition) is 0.